The van der Waals surface area contributed by atoms with Gasteiger partial charge in [0, 0.05) is 38.4 Å². The Hall–Kier alpha value is -2.37. The Balaban J connectivity index is 1.58. The summed E-state index contributed by atoms with van der Waals surface area (Å²) in [6, 6.07) is 17.9. The van der Waals surface area contributed by atoms with Gasteiger partial charge in [0.25, 0.3) is 0 Å². The maximum atomic E-state index is 12.6. The molecule has 0 bridgehead atoms. The zero-order chi connectivity index (χ0) is 19.3. The van der Waals surface area contributed by atoms with Crippen LogP contribution in [0.5, 0.6) is 0 Å². The van der Waals surface area contributed by atoms with E-state index in [0.29, 0.717) is 32.5 Å². The molecule has 2 amide bonds. The number of aliphatic hydroxyl groups is 1. The molecular weight excluding hydrogens is 340 g/mol. The van der Waals surface area contributed by atoms with Crippen molar-refractivity contribution < 1.29 is 14.6 Å². The number of ether oxygens (including phenoxy) is 1. The quantitative estimate of drug-likeness (QED) is 0.839. The monoisotopic (exact) mass is 368 g/mol. The molecule has 1 aliphatic rings. The molecule has 1 aliphatic heterocycles. The van der Waals surface area contributed by atoms with Gasteiger partial charge in [-0.3, -0.25) is 0 Å². The van der Waals surface area contributed by atoms with Crippen LogP contribution in [0.1, 0.15) is 19.8 Å². The number of benzene rings is 2. The molecular formula is C22H28N2O3. The van der Waals surface area contributed by atoms with Crippen LogP contribution in [0.25, 0.3) is 11.1 Å². The van der Waals surface area contributed by atoms with Crippen molar-refractivity contribution in [1.82, 2.24) is 4.90 Å². The number of carbonyl (C=O) groups excluding carboxylic acids is 1. The summed E-state index contributed by atoms with van der Waals surface area (Å²) in [5, 5.41) is 13.7. The average molecular weight is 368 g/mol. The number of amides is 2. The molecule has 0 unspecified atom stereocenters. The van der Waals surface area contributed by atoms with Gasteiger partial charge in [0.1, 0.15) is 0 Å². The number of nitrogens with one attached hydrogen (secondary N) is 1. The predicted octanol–water partition coefficient (Wildman–Crippen LogP) is 3.99. The van der Waals surface area contributed by atoms with Crippen LogP contribution in [0.3, 0.4) is 0 Å². The minimum absolute atomic E-state index is 0.00704. The molecule has 2 aromatic rings. The lowest BCUT2D eigenvalue weighted by Crippen LogP contribution is -2.53. The van der Waals surface area contributed by atoms with Gasteiger partial charge in [-0.25, -0.2) is 4.79 Å². The van der Waals surface area contributed by atoms with Crippen LogP contribution in [0, 0.1) is 5.92 Å². The van der Waals surface area contributed by atoms with E-state index in [-0.39, 0.29) is 11.9 Å². The van der Waals surface area contributed by atoms with E-state index in [1.807, 2.05) is 49.4 Å². The molecule has 0 radical (unpaired) electrons. The average Bonchev–Trinajstić information content (AvgIpc) is 2.70. The number of piperidine rings is 1. The first-order valence-electron chi connectivity index (χ1n) is 9.44. The molecule has 1 fully saturated rings. The van der Waals surface area contributed by atoms with Crippen LogP contribution in [0.4, 0.5) is 10.5 Å². The lowest BCUT2D eigenvalue weighted by atomic mass is 9.80. The van der Waals surface area contributed by atoms with E-state index in [9.17, 15) is 9.90 Å². The van der Waals surface area contributed by atoms with Crippen LogP contribution in [-0.4, -0.2) is 48.4 Å². The summed E-state index contributed by atoms with van der Waals surface area (Å²) in [6.45, 7) is 3.59. The van der Waals surface area contributed by atoms with Crippen molar-refractivity contribution in [1.29, 1.82) is 0 Å². The van der Waals surface area contributed by atoms with Crippen molar-refractivity contribution in [2.45, 2.75) is 25.4 Å². The van der Waals surface area contributed by atoms with Gasteiger partial charge in [0.2, 0.25) is 0 Å². The van der Waals surface area contributed by atoms with Crippen LogP contribution >= 0.6 is 0 Å². The molecule has 3 rings (SSSR count). The molecule has 0 aromatic heterocycles. The van der Waals surface area contributed by atoms with E-state index in [4.69, 9.17) is 4.74 Å². The molecule has 1 saturated heterocycles. The van der Waals surface area contributed by atoms with Gasteiger partial charge in [-0.05, 0) is 36.1 Å². The predicted molar refractivity (Wildman–Crippen MR) is 108 cm³/mol. The highest BCUT2D eigenvalue weighted by Crippen LogP contribution is 2.31. The number of urea groups is 1. The number of rotatable bonds is 5. The van der Waals surface area contributed by atoms with Crippen LogP contribution in [0.15, 0.2) is 54.6 Å². The summed E-state index contributed by atoms with van der Waals surface area (Å²) in [4.78, 5) is 14.4. The molecule has 5 nitrogen and oxygen atoms in total. The zero-order valence-electron chi connectivity index (χ0n) is 16.0. The summed E-state index contributed by atoms with van der Waals surface area (Å²) < 4.78 is 5.10. The Labute approximate surface area is 161 Å². The van der Waals surface area contributed by atoms with E-state index < -0.39 is 5.60 Å². The van der Waals surface area contributed by atoms with E-state index in [2.05, 4.69) is 17.4 Å². The van der Waals surface area contributed by atoms with Crippen LogP contribution in [-0.2, 0) is 4.74 Å². The van der Waals surface area contributed by atoms with Gasteiger partial charge in [0.15, 0.2) is 0 Å². The standard InChI is InChI=1S/C22H28N2O3/c1-17-16-24(14-12-22(17,26)13-15-27-2)21(25)23-20-10-8-19(9-11-20)18-6-4-3-5-7-18/h3-11,17,26H,12-16H2,1-2H3,(H,23,25)/t17-,22-/m1/s1. The molecule has 5 heteroatoms. The summed E-state index contributed by atoms with van der Waals surface area (Å²) in [7, 11) is 1.64. The first-order valence-corrected chi connectivity index (χ1v) is 9.44. The minimum atomic E-state index is -0.760. The van der Waals surface area contributed by atoms with E-state index in [1.54, 1.807) is 12.0 Å². The Morgan fingerprint density at radius 2 is 1.85 bits per heavy atom. The number of hydrogen-bond acceptors (Lipinski definition) is 3. The molecule has 0 aliphatic carbocycles. The van der Waals surface area contributed by atoms with Crippen molar-refractivity contribution in [2.75, 3.05) is 32.1 Å². The Bertz CT molecular complexity index is 748. The van der Waals surface area contributed by atoms with Crippen molar-refractivity contribution in [2.24, 2.45) is 5.92 Å². The first-order chi connectivity index (χ1) is 13.0. The molecule has 0 spiro atoms. The van der Waals surface area contributed by atoms with Gasteiger partial charge in [0.05, 0.1) is 5.60 Å². The highest BCUT2D eigenvalue weighted by Gasteiger charge is 2.39. The molecule has 27 heavy (non-hydrogen) atoms. The fourth-order valence-electron chi connectivity index (χ4n) is 3.58. The summed E-state index contributed by atoms with van der Waals surface area (Å²) in [5.74, 6) is 0.00704. The highest BCUT2D eigenvalue weighted by atomic mass is 16.5. The number of methoxy groups -OCH3 is 1. The number of likely N-dealkylation sites (tertiary alicyclic amines) is 1. The van der Waals surface area contributed by atoms with Crippen molar-refractivity contribution >= 4 is 11.7 Å². The third kappa shape index (κ3) is 4.67. The van der Waals surface area contributed by atoms with Gasteiger partial charge in [-0.2, -0.15) is 0 Å². The maximum Gasteiger partial charge on any atom is 0.321 e. The molecule has 144 valence electrons. The van der Waals surface area contributed by atoms with Crippen LogP contribution in [0.2, 0.25) is 0 Å². The van der Waals surface area contributed by atoms with Crippen molar-refractivity contribution in [3.05, 3.63) is 54.6 Å². The molecule has 2 atom stereocenters. The van der Waals surface area contributed by atoms with E-state index in [0.717, 1.165) is 16.8 Å². The fourth-order valence-corrected chi connectivity index (χ4v) is 3.58. The summed E-state index contributed by atoms with van der Waals surface area (Å²) in [6.07, 6.45) is 1.17. The Morgan fingerprint density at radius 1 is 1.19 bits per heavy atom. The smallest absolute Gasteiger partial charge is 0.321 e. The largest absolute Gasteiger partial charge is 0.389 e. The topological polar surface area (TPSA) is 61.8 Å². The second-order valence-electron chi connectivity index (χ2n) is 7.32. The third-order valence-corrected chi connectivity index (χ3v) is 5.50. The summed E-state index contributed by atoms with van der Waals surface area (Å²) >= 11 is 0. The molecule has 2 aromatic carbocycles. The molecule has 1 heterocycles. The second kappa shape index (κ2) is 8.55. The van der Waals surface area contributed by atoms with Gasteiger partial charge in [-0.1, -0.05) is 49.4 Å². The van der Waals surface area contributed by atoms with Gasteiger partial charge < -0.3 is 20.1 Å². The number of hydrogen-bond donors (Lipinski definition) is 2. The fraction of sp³-hybridized carbons (Fsp3) is 0.409. The molecule has 0 saturated carbocycles. The molecule has 2 N–H and O–H groups in total. The first kappa shape index (κ1) is 19.4. The zero-order valence-corrected chi connectivity index (χ0v) is 16.0. The minimum Gasteiger partial charge on any atom is -0.389 e. The summed E-state index contributed by atoms with van der Waals surface area (Å²) in [5.41, 5.74) is 2.27. The van der Waals surface area contributed by atoms with Crippen LogP contribution < -0.4 is 5.32 Å². The van der Waals surface area contributed by atoms with E-state index in [1.165, 1.54) is 0 Å². The second-order valence-corrected chi connectivity index (χ2v) is 7.32. The van der Waals surface area contributed by atoms with Crippen molar-refractivity contribution in [3.8, 4) is 11.1 Å². The van der Waals surface area contributed by atoms with Gasteiger partial charge in [-0.15, -0.1) is 0 Å². The Kier molecular flexibility index (Phi) is 6.14. The van der Waals surface area contributed by atoms with Gasteiger partial charge >= 0.3 is 6.03 Å². The Morgan fingerprint density at radius 3 is 2.48 bits per heavy atom. The third-order valence-electron chi connectivity index (χ3n) is 5.50. The maximum absolute atomic E-state index is 12.6. The number of carbonyl (C=O) groups is 1. The number of nitrogens with zero attached hydrogens (tertiary/aromatic N) is 1. The van der Waals surface area contributed by atoms with Crippen molar-refractivity contribution in [3.63, 3.8) is 0 Å². The lowest BCUT2D eigenvalue weighted by Gasteiger charge is -2.43. The lowest BCUT2D eigenvalue weighted by molar-refractivity contribution is -0.0725. The normalized spacial score (nSPS) is 22.5. The SMILES string of the molecule is COCC[C@]1(O)CCN(C(=O)Nc2ccc(-c3ccccc3)cc2)C[C@H]1C. The number of anilines is 1. The highest BCUT2D eigenvalue weighted by molar-refractivity contribution is 5.89. The van der Waals surface area contributed by atoms with E-state index >= 15 is 0 Å².